The normalized spacial score (nSPS) is 31.8. The van der Waals surface area contributed by atoms with Gasteiger partial charge >= 0.3 is 0 Å². The molecule has 0 unspecified atom stereocenters. The van der Waals surface area contributed by atoms with Crippen molar-refractivity contribution in [2.24, 2.45) is 16.8 Å². The van der Waals surface area contributed by atoms with Crippen molar-refractivity contribution in [3.05, 3.63) is 0 Å². The van der Waals surface area contributed by atoms with Gasteiger partial charge < -0.3 is 0 Å². The highest BCUT2D eigenvalue weighted by Gasteiger charge is 2.27. The summed E-state index contributed by atoms with van der Waals surface area (Å²) in [5, 5.41) is 1.13. The molecule has 1 aliphatic carbocycles. The Bertz CT molecular complexity index is 267. The van der Waals surface area contributed by atoms with E-state index in [9.17, 15) is 4.79 Å². The summed E-state index contributed by atoms with van der Waals surface area (Å²) >= 11 is 1.67. The van der Waals surface area contributed by atoms with Crippen molar-refractivity contribution in [1.29, 1.82) is 0 Å². The van der Waals surface area contributed by atoms with Gasteiger partial charge in [-0.3, -0.25) is 4.79 Å². The Balaban J connectivity index is 1.83. The number of carbonyl (C=O) groups excluding carboxylic acids is 1. The molecular formula is C12H19NOS. The van der Waals surface area contributed by atoms with E-state index in [2.05, 4.69) is 11.9 Å². The molecule has 2 rings (SSSR count). The van der Waals surface area contributed by atoms with Crippen molar-refractivity contribution in [2.75, 3.05) is 5.75 Å². The Kier molecular flexibility index (Phi) is 3.84. The number of thioether (sulfide) groups is 1. The zero-order valence-electron chi connectivity index (χ0n) is 9.37. The van der Waals surface area contributed by atoms with E-state index in [1.165, 1.54) is 38.5 Å². The average Bonchev–Trinajstić information content (AvgIpc) is 2.67. The summed E-state index contributed by atoms with van der Waals surface area (Å²) < 4.78 is 0. The maximum atomic E-state index is 11.1. The minimum Gasteiger partial charge on any atom is -0.272 e. The molecule has 1 amide bonds. The molecule has 1 aliphatic heterocycles. The molecule has 0 saturated heterocycles. The van der Waals surface area contributed by atoms with Crippen molar-refractivity contribution in [3.8, 4) is 0 Å². The van der Waals surface area contributed by atoms with Gasteiger partial charge in [0.05, 0.1) is 10.8 Å². The molecule has 1 fully saturated rings. The number of hydrogen-bond donors (Lipinski definition) is 0. The quantitative estimate of drug-likeness (QED) is 0.737. The van der Waals surface area contributed by atoms with Crippen LogP contribution in [0.1, 0.15) is 45.4 Å². The summed E-state index contributed by atoms with van der Waals surface area (Å²) in [5.74, 6) is 2.21. The fourth-order valence-corrected chi connectivity index (χ4v) is 3.61. The zero-order chi connectivity index (χ0) is 10.7. The lowest BCUT2D eigenvalue weighted by Crippen LogP contribution is -2.19. The minimum absolute atomic E-state index is 0.0747. The monoisotopic (exact) mass is 225 g/mol. The number of nitrogens with zero attached hydrogens (tertiary/aromatic N) is 1. The summed E-state index contributed by atoms with van der Waals surface area (Å²) in [6, 6.07) is 0. The molecular weight excluding hydrogens is 206 g/mol. The molecule has 0 aromatic heterocycles. The molecule has 1 heterocycles. The summed E-state index contributed by atoms with van der Waals surface area (Å²) in [7, 11) is 0. The van der Waals surface area contributed by atoms with Crippen LogP contribution in [0.3, 0.4) is 0 Å². The molecule has 3 heteroatoms. The van der Waals surface area contributed by atoms with Crippen LogP contribution in [0.15, 0.2) is 4.99 Å². The maximum Gasteiger partial charge on any atom is 0.256 e. The number of carbonyl (C=O) groups is 1. The van der Waals surface area contributed by atoms with Gasteiger partial charge in [0.15, 0.2) is 0 Å². The minimum atomic E-state index is 0.0747. The fraction of sp³-hybridized carbons (Fsp3) is 0.833. The third-order valence-electron chi connectivity index (χ3n) is 3.47. The maximum absolute atomic E-state index is 11.1. The van der Waals surface area contributed by atoms with Gasteiger partial charge in [0.1, 0.15) is 0 Å². The average molecular weight is 225 g/mol. The molecule has 15 heavy (non-hydrogen) atoms. The van der Waals surface area contributed by atoms with Crippen molar-refractivity contribution in [1.82, 2.24) is 0 Å². The second-order valence-electron chi connectivity index (χ2n) is 4.64. The lowest BCUT2D eigenvalue weighted by Gasteiger charge is -2.27. The summed E-state index contributed by atoms with van der Waals surface area (Å²) in [5.41, 5.74) is 0. The van der Waals surface area contributed by atoms with Gasteiger partial charge in [-0.1, -0.05) is 19.8 Å². The van der Waals surface area contributed by atoms with E-state index in [0.29, 0.717) is 11.7 Å². The van der Waals surface area contributed by atoms with Crippen molar-refractivity contribution >= 4 is 22.7 Å². The first-order chi connectivity index (χ1) is 7.29. The first-order valence-corrected chi connectivity index (χ1v) is 7.02. The van der Waals surface area contributed by atoms with Gasteiger partial charge in [-0.2, -0.15) is 0 Å². The second kappa shape index (κ2) is 5.15. The van der Waals surface area contributed by atoms with E-state index in [0.717, 1.165) is 11.0 Å². The van der Waals surface area contributed by atoms with Crippen LogP contribution in [0, 0.1) is 11.8 Å². The van der Waals surface area contributed by atoms with Crippen LogP contribution >= 0.6 is 11.8 Å². The van der Waals surface area contributed by atoms with E-state index >= 15 is 0 Å². The molecule has 84 valence electrons. The Morgan fingerprint density at radius 3 is 2.60 bits per heavy atom. The molecule has 0 N–H and O–H groups in total. The number of aliphatic imine (C=N–C) groups is 1. The predicted molar refractivity (Wildman–Crippen MR) is 65.3 cm³/mol. The number of hydrogen-bond acceptors (Lipinski definition) is 2. The Hall–Kier alpha value is -0.310. The molecule has 2 aliphatic rings. The van der Waals surface area contributed by atoms with Gasteiger partial charge in [-0.05, 0) is 31.6 Å². The topological polar surface area (TPSA) is 29.4 Å². The second-order valence-corrected chi connectivity index (χ2v) is 5.63. The summed E-state index contributed by atoms with van der Waals surface area (Å²) in [4.78, 5) is 15.2. The van der Waals surface area contributed by atoms with Crippen LogP contribution in [-0.2, 0) is 4.79 Å². The van der Waals surface area contributed by atoms with Gasteiger partial charge in [-0.15, -0.1) is 11.8 Å². The lowest BCUT2D eigenvalue weighted by atomic mass is 9.80. The van der Waals surface area contributed by atoms with Gasteiger partial charge in [0, 0.05) is 5.92 Å². The molecule has 0 aromatic rings. The zero-order valence-corrected chi connectivity index (χ0v) is 10.2. The lowest BCUT2D eigenvalue weighted by molar-refractivity contribution is -0.115. The van der Waals surface area contributed by atoms with Crippen LogP contribution < -0.4 is 0 Å². The van der Waals surface area contributed by atoms with E-state index in [-0.39, 0.29) is 5.91 Å². The number of amides is 1. The fourth-order valence-electron chi connectivity index (χ4n) is 2.64. The van der Waals surface area contributed by atoms with E-state index in [1.54, 1.807) is 11.8 Å². The van der Waals surface area contributed by atoms with E-state index in [4.69, 9.17) is 0 Å². The standard InChI is InChI=1S/C12H19NOS/c1-2-3-9-4-6-10(7-5-9)12-13-11(14)8-15-12/h9-10H,2-8H2,1H3. The molecule has 2 nitrogen and oxygen atoms in total. The van der Waals surface area contributed by atoms with Gasteiger partial charge in [0.25, 0.3) is 5.91 Å². The first kappa shape index (κ1) is 11.2. The number of rotatable bonds is 3. The van der Waals surface area contributed by atoms with E-state index < -0.39 is 0 Å². The highest BCUT2D eigenvalue weighted by molar-refractivity contribution is 8.15. The van der Waals surface area contributed by atoms with E-state index in [1.807, 2.05) is 0 Å². The Morgan fingerprint density at radius 2 is 2.07 bits per heavy atom. The SMILES string of the molecule is CCCC1CCC(C2=NC(=O)CS2)CC1. The van der Waals surface area contributed by atoms with Crippen LogP contribution in [0.25, 0.3) is 0 Å². The molecule has 0 bridgehead atoms. The van der Waals surface area contributed by atoms with Gasteiger partial charge in [0.2, 0.25) is 0 Å². The largest absolute Gasteiger partial charge is 0.272 e. The third kappa shape index (κ3) is 2.83. The van der Waals surface area contributed by atoms with Gasteiger partial charge in [-0.25, -0.2) is 4.99 Å². The molecule has 0 atom stereocenters. The smallest absolute Gasteiger partial charge is 0.256 e. The van der Waals surface area contributed by atoms with Crippen molar-refractivity contribution in [3.63, 3.8) is 0 Å². The van der Waals surface area contributed by atoms with Crippen molar-refractivity contribution in [2.45, 2.75) is 45.4 Å². The summed E-state index contributed by atoms with van der Waals surface area (Å²) in [6.07, 6.45) is 7.88. The summed E-state index contributed by atoms with van der Waals surface area (Å²) in [6.45, 7) is 2.27. The highest BCUT2D eigenvalue weighted by Crippen LogP contribution is 2.35. The Morgan fingerprint density at radius 1 is 1.33 bits per heavy atom. The van der Waals surface area contributed by atoms with Crippen molar-refractivity contribution < 1.29 is 4.79 Å². The molecule has 0 spiro atoms. The first-order valence-electron chi connectivity index (χ1n) is 6.03. The van der Waals surface area contributed by atoms with Crippen LogP contribution in [0.5, 0.6) is 0 Å². The third-order valence-corrected chi connectivity index (χ3v) is 4.58. The highest BCUT2D eigenvalue weighted by atomic mass is 32.2. The molecule has 1 saturated carbocycles. The Labute approximate surface area is 95.9 Å². The molecule has 0 radical (unpaired) electrons. The molecule has 0 aromatic carbocycles. The van der Waals surface area contributed by atoms with Crippen LogP contribution in [-0.4, -0.2) is 16.7 Å². The van der Waals surface area contributed by atoms with Crippen LogP contribution in [0.4, 0.5) is 0 Å². The van der Waals surface area contributed by atoms with Crippen LogP contribution in [0.2, 0.25) is 0 Å². The predicted octanol–water partition coefficient (Wildman–Crippen LogP) is 3.26.